The summed E-state index contributed by atoms with van der Waals surface area (Å²) < 4.78 is 26.6. The fourth-order valence-electron chi connectivity index (χ4n) is 3.82. The van der Waals surface area contributed by atoms with Crippen LogP contribution < -0.4 is 5.73 Å². The lowest BCUT2D eigenvalue weighted by molar-refractivity contribution is 0.169. The Hall–Kier alpha value is -2.43. The van der Waals surface area contributed by atoms with Crippen LogP contribution in [0.2, 0.25) is 0 Å². The number of nitrogens with two attached hydrogens (primary N) is 1. The van der Waals surface area contributed by atoms with E-state index >= 15 is 0 Å². The van der Waals surface area contributed by atoms with E-state index in [4.69, 9.17) is 5.73 Å². The Balaban J connectivity index is 1.74. The molecule has 1 atom stereocenters. The normalized spacial score (nSPS) is 17.5. The largest absolute Gasteiger partial charge is 0.351 e. The van der Waals surface area contributed by atoms with E-state index in [1.165, 1.54) is 24.3 Å². The molecule has 1 aliphatic rings. The van der Waals surface area contributed by atoms with Gasteiger partial charge in [-0.15, -0.1) is 0 Å². The minimum absolute atomic E-state index is 0.0696. The molecular formula is C21H24F2N2O. The molecular weight excluding hydrogens is 334 g/mol. The smallest absolute Gasteiger partial charge is 0.314 e. The van der Waals surface area contributed by atoms with Crippen molar-refractivity contribution in [3.8, 4) is 0 Å². The van der Waals surface area contributed by atoms with Crippen LogP contribution in [-0.2, 0) is 0 Å². The maximum atomic E-state index is 13.3. The van der Waals surface area contributed by atoms with Crippen molar-refractivity contribution < 1.29 is 13.6 Å². The van der Waals surface area contributed by atoms with Gasteiger partial charge < -0.3 is 10.6 Å². The van der Waals surface area contributed by atoms with Gasteiger partial charge in [0.2, 0.25) is 0 Å². The fourth-order valence-corrected chi connectivity index (χ4v) is 3.82. The Bertz CT molecular complexity index is 685. The summed E-state index contributed by atoms with van der Waals surface area (Å²) in [6, 6.07) is 12.6. The summed E-state index contributed by atoms with van der Waals surface area (Å²) in [5, 5.41) is 0. The van der Waals surface area contributed by atoms with Gasteiger partial charge in [0, 0.05) is 19.0 Å². The quantitative estimate of drug-likeness (QED) is 0.830. The van der Waals surface area contributed by atoms with Gasteiger partial charge in [-0.1, -0.05) is 24.3 Å². The van der Waals surface area contributed by atoms with Crippen LogP contribution in [0.1, 0.15) is 42.7 Å². The van der Waals surface area contributed by atoms with Gasteiger partial charge in [0.15, 0.2) is 0 Å². The number of hydrogen-bond donors (Lipinski definition) is 1. The zero-order valence-electron chi connectivity index (χ0n) is 14.7. The number of primary amides is 1. The highest BCUT2D eigenvalue weighted by atomic mass is 19.1. The van der Waals surface area contributed by atoms with Crippen LogP contribution in [0, 0.1) is 17.6 Å². The van der Waals surface area contributed by atoms with E-state index in [2.05, 4.69) is 0 Å². The lowest BCUT2D eigenvalue weighted by atomic mass is 9.83. The van der Waals surface area contributed by atoms with Crippen LogP contribution in [0.5, 0.6) is 0 Å². The third-order valence-electron chi connectivity index (χ3n) is 5.24. The van der Waals surface area contributed by atoms with Crippen LogP contribution in [0.3, 0.4) is 0 Å². The Morgan fingerprint density at radius 2 is 1.58 bits per heavy atom. The van der Waals surface area contributed by atoms with Crippen molar-refractivity contribution >= 4 is 6.03 Å². The van der Waals surface area contributed by atoms with Crippen molar-refractivity contribution in [2.24, 2.45) is 11.7 Å². The second-order valence-electron chi connectivity index (χ2n) is 7.03. The van der Waals surface area contributed by atoms with E-state index in [9.17, 15) is 13.6 Å². The highest BCUT2D eigenvalue weighted by Gasteiger charge is 2.24. The highest BCUT2D eigenvalue weighted by molar-refractivity contribution is 5.72. The molecule has 1 saturated heterocycles. The number of carbonyl (C=O) groups excluding carboxylic acids is 1. The van der Waals surface area contributed by atoms with E-state index < -0.39 is 0 Å². The highest BCUT2D eigenvalue weighted by Crippen LogP contribution is 2.33. The molecule has 0 aliphatic carbocycles. The summed E-state index contributed by atoms with van der Waals surface area (Å²) in [5.41, 5.74) is 7.44. The van der Waals surface area contributed by atoms with Gasteiger partial charge in [-0.05, 0) is 67.0 Å². The Kier molecular flexibility index (Phi) is 5.86. The molecule has 138 valence electrons. The minimum atomic E-state index is -0.358. The van der Waals surface area contributed by atoms with Crippen molar-refractivity contribution in [2.75, 3.05) is 13.1 Å². The van der Waals surface area contributed by atoms with Crippen LogP contribution in [-0.4, -0.2) is 24.0 Å². The predicted octanol–water partition coefficient (Wildman–Crippen LogP) is 4.67. The summed E-state index contributed by atoms with van der Waals surface area (Å²) in [6.45, 7) is 1.42. The van der Waals surface area contributed by atoms with Crippen LogP contribution in [0.25, 0.3) is 0 Å². The average molecular weight is 358 g/mol. The molecule has 0 spiro atoms. The first-order chi connectivity index (χ1) is 12.5. The summed E-state index contributed by atoms with van der Waals surface area (Å²) >= 11 is 0. The molecule has 0 aromatic heterocycles. The topological polar surface area (TPSA) is 46.3 Å². The van der Waals surface area contributed by atoms with Gasteiger partial charge in [-0.3, -0.25) is 0 Å². The second kappa shape index (κ2) is 8.30. The van der Waals surface area contributed by atoms with Gasteiger partial charge in [-0.2, -0.15) is 0 Å². The van der Waals surface area contributed by atoms with Crippen LogP contribution >= 0.6 is 0 Å². The summed E-state index contributed by atoms with van der Waals surface area (Å²) in [4.78, 5) is 13.1. The molecule has 5 heteroatoms. The fraction of sp³-hybridized carbons (Fsp3) is 0.381. The molecule has 1 heterocycles. The first-order valence-corrected chi connectivity index (χ1v) is 9.08. The van der Waals surface area contributed by atoms with Gasteiger partial charge in [0.1, 0.15) is 11.6 Å². The molecule has 1 unspecified atom stereocenters. The molecule has 2 amide bonds. The van der Waals surface area contributed by atoms with E-state index in [-0.39, 0.29) is 23.6 Å². The Labute approximate surface area is 152 Å². The van der Waals surface area contributed by atoms with Crippen LogP contribution in [0.4, 0.5) is 13.6 Å². The number of benzene rings is 2. The first-order valence-electron chi connectivity index (χ1n) is 9.08. The number of halogens is 2. The van der Waals surface area contributed by atoms with Gasteiger partial charge in [0.25, 0.3) is 0 Å². The van der Waals surface area contributed by atoms with Crippen molar-refractivity contribution in [3.63, 3.8) is 0 Å². The number of hydrogen-bond acceptors (Lipinski definition) is 1. The predicted molar refractivity (Wildman–Crippen MR) is 97.8 cm³/mol. The van der Waals surface area contributed by atoms with Gasteiger partial charge in [0.05, 0.1) is 0 Å². The minimum Gasteiger partial charge on any atom is -0.351 e. The van der Waals surface area contributed by atoms with Crippen molar-refractivity contribution in [2.45, 2.75) is 31.6 Å². The molecule has 2 N–H and O–H groups in total. The average Bonchev–Trinajstić information content (AvgIpc) is 2.65. The SMILES string of the molecule is NC(=O)N1CCCC(CCC(c2ccc(F)cc2)c2ccc(F)cc2)C1. The van der Waals surface area contributed by atoms with E-state index in [1.807, 2.05) is 0 Å². The molecule has 1 aliphatic heterocycles. The second-order valence-corrected chi connectivity index (χ2v) is 7.03. The first kappa shape index (κ1) is 18.4. The molecule has 2 aromatic carbocycles. The third-order valence-corrected chi connectivity index (χ3v) is 5.24. The number of carbonyl (C=O) groups is 1. The lowest BCUT2D eigenvalue weighted by Gasteiger charge is -2.32. The number of piperidine rings is 1. The van der Waals surface area contributed by atoms with Crippen molar-refractivity contribution in [1.29, 1.82) is 0 Å². The molecule has 0 saturated carbocycles. The van der Waals surface area contributed by atoms with E-state index in [0.29, 0.717) is 12.5 Å². The standard InChI is InChI=1S/C21H24F2N2O/c22-18-8-4-16(5-9-18)20(17-6-10-19(23)11-7-17)12-3-15-2-1-13-25(14-15)21(24)26/h4-11,15,20H,1-3,12-14H2,(H2,24,26). The monoisotopic (exact) mass is 358 g/mol. The van der Waals surface area contributed by atoms with E-state index in [1.54, 1.807) is 29.2 Å². The van der Waals surface area contributed by atoms with Crippen molar-refractivity contribution in [3.05, 3.63) is 71.3 Å². The number of urea groups is 1. The summed E-state index contributed by atoms with van der Waals surface area (Å²) in [5.74, 6) is -0.0632. The summed E-state index contributed by atoms with van der Waals surface area (Å²) in [7, 11) is 0. The zero-order chi connectivity index (χ0) is 18.5. The lowest BCUT2D eigenvalue weighted by Crippen LogP contribution is -2.42. The number of nitrogens with zero attached hydrogens (tertiary/aromatic N) is 1. The zero-order valence-corrected chi connectivity index (χ0v) is 14.7. The van der Waals surface area contributed by atoms with Crippen molar-refractivity contribution in [1.82, 2.24) is 4.90 Å². The number of amides is 2. The molecule has 3 nitrogen and oxygen atoms in total. The molecule has 1 fully saturated rings. The summed E-state index contributed by atoms with van der Waals surface area (Å²) in [6.07, 6.45) is 3.83. The van der Waals surface area contributed by atoms with Crippen LogP contribution in [0.15, 0.2) is 48.5 Å². The number of rotatable bonds is 5. The van der Waals surface area contributed by atoms with Gasteiger partial charge in [-0.25, -0.2) is 13.6 Å². The molecule has 3 rings (SSSR count). The maximum absolute atomic E-state index is 13.3. The third kappa shape index (κ3) is 4.59. The number of likely N-dealkylation sites (tertiary alicyclic amines) is 1. The van der Waals surface area contributed by atoms with Gasteiger partial charge >= 0.3 is 6.03 Å². The Morgan fingerprint density at radius 1 is 1.04 bits per heavy atom. The molecule has 0 bridgehead atoms. The maximum Gasteiger partial charge on any atom is 0.314 e. The molecule has 26 heavy (non-hydrogen) atoms. The Morgan fingerprint density at radius 3 is 2.08 bits per heavy atom. The van der Waals surface area contributed by atoms with E-state index in [0.717, 1.165) is 43.4 Å². The molecule has 0 radical (unpaired) electrons. The molecule has 2 aromatic rings.